The van der Waals surface area contributed by atoms with Crippen LogP contribution in [0, 0.1) is 0 Å². The second-order valence-corrected chi connectivity index (χ2v) is 20.4. The summed E-state index contributed by atoms with van der Waals surface area (Å²) in [5.74, 6) is 0.228. The molecule has 0 amide bonds. The number of aromatic hydroxyl groups is 1. The Morgan fingerprint density at radius 2 is 0.797 bits per heavy atom. The predicted molar refractivity (Wildman–Crippen MR) is 293 cm³/mol. The molecule has 7 heteroatoms. The zero-order valence-corrected chi connectivity index (χ0v) is 38.2. The van der Waals surface area contributed by atoms with Crippen LogP contribution in [0.1, 0.15) is 0 Å². The van der Waals surface area contributed by atoms with Crippen molar-refractivity contribution in [3.05, 3.63) is 200 Å². The molecule has 0 fully saturated rings. The van der Waals surface area contributed by atoms with Gasteiger partial charge in [-0.05, 0) is 128 Å². The van der Waals surface area contributed by atoms with E-state index in [0.29, 0.717) is 0 Å². The van der Waals surface area contributed by atoms with E-state index in [0.717, 1.165) is 82.5 Å². The highest BCUT2D eigenvalue weighted by atomic mass is 32.1. The summed E-state index contributed by atoms with van der Waals surface area (Å²) in [6.45, 7) is 0. The molecule has 6 heterocycles. The Hall–Kier alpha value is -8.62. The van der Waals surface area contributed by atoms with E-state index in [-0.39, 0.29) is 5.75 Å². The second kappa shape index (κ2) is 13.7. The third kappa shape index (κ3) is 5.28. The Bertz CT molecular complexity index is 4920. The highest BCUT2D eigenvalue weighted by Crippen LogP contribution is 2.45. The first-order valence-electron chi connectivity index (χ1n) is 23.2. The van der Waals surface area contributed by atoms with Gasteiger partial charge in [-0.15, -0.1) is 22.7 Å². The van der Waals surface area contributed by atoms with Gasteiger partial charge in [-0.25, -0.2) is 9.97 Å². The number of fused-ring (bicyclic) bond motifs is 20. The van der Waals surface area contributed by atoms with Crippen molar-refractivity contribution in [2.75, 3.05) is 0 Å². The molecule has 0 spiro atoms. The molecular weight excluding hydrogens is 881 g/mol. The first-order valence-corrected chi connectivity index (χ1v) is 24.8. The summed E-state index contributed by atoms with van der Waals surface area (Å²) in [6, 6.07) is 71.8. The van der Waals surface area contributed by atoms with E-state index in [4.69, 9.17) is 9.97 Å². The lowest BCUT2D eigenvalue weighted by atomic mass is 9.97. The van der Waals surface area contributed by atoms with Crippen LogP contribution < -0.4 is 0 Å². The Labute approximate surface area is 400 Å². The fraction of sp³-hybridized carbons (Fsp3) is 0. The van der Waals surface area contributed by atoms with Gasteiger partial charge in [-0.3, -0.25) is 8.80 Å². The monoisotopic (exact) mass is 914 g/mol. The van der Waals surface area contributed by atoms with Gasteiger partial charge in [0.2, 0.25) is 0 Å². The number of phenols is 1. The summed E-state index contributed by atoms with van der Waals surface area (Å²) in [7, 11) is 0. The quantitative estimate of drug-likeness (QED) is 0.180. The molecule has 0 aliphatic heterocycles. The lowest BCUT2D eigenvalue weighted by Gasteiger charge is -2.13. The van der Waals surface area contributed by atoms with Gasteiger partial charge in [0.25, 0.3) is 0 Å². The van der Waals surface area contributed by atoms with Crippen molar-refractivity contribution in [3.63, 3.8) is 0 Å². The number of hydrogen-bond acceptors (Lipinski definition) is 5. The van der Waals surface area contributed by atoms with Gasteiger partial charge in [-0.2, -0.15) is 0 Å². The van der Waals surface area contributed by atoms with E-state index in [1.807, 2.05) is 12.1 Å². The zero-order valence-electron chi connectivity index (χ0n) is 36.6. The molecule has 6 aromatic heterocycles. The molecule has 10 aromatic carbocycles. The molecule has 5 nitrogen and oxygen atoms in total. The summed E-state index contributed by atoms with van der Waals surface area (Å²) in [6.07, 6.45) is 0. The number of pyridine rings is 2. The molecule has 69 heavy (non-hydrogen) atoms. The largest absolute Gasteiger partial charge is 0.507 e. The van der Waals surface area contributed by atoms with Crippen LogP contribution in [0.15, 0.2) is 200 Å². The number of imidazole rings is 2. The van der Waals surface area contributed by atoms with E-state index < -0.39 is 0 Å². The van der Waals surface area contributed by atoms with Gasteiger partial charge in [0.05, 0.1) is 42.9 Å². The number of phenolic OH excluding ortho intramolecular Hbond substituents is 1. The molecule has 0 radical (unpaired) electrons. The van der Waals surface area contributed by atoms with Gasteiger partial charge >= 0.3 is 0 Å². The van der Waals surface area contributed by atoms with E-state index in [1.54, 1.807) is 22.7 Å². The van der Waals surface area contributed by atoms with Crippen LogP contribution in [-0.4, -0.2) is 23.9 Å². The number of nitrogens with zero attached hydrogens (tertiary/aromatic N) is 4. The first kappa shape index (κ1) is 37.5. The summed E-state index contributed by atoms with van der Waals surface area (Å²) in [4.78, 5) is 11.0. The third-order valence-corrected chi connectivity index (χ3v) is 16.9. The van der Waals surface area contributed by atoms with Crippen LogP contribution in [-0.2, 0) is 0 Å². The van der Waals surface area contributed by atoms with Crippen molar-refractivity contribution in [2.24, 2.45) is 0 Å². The minimum atomic E-state index is 0.228. The highest BCUT2D eigenvalue weighted by Gasteiger charge is 2.22. The molecule has 0 unspecified atom stereocenters. The predicted octanol–water partition coefficient (Wildman–Crippen LogP) is 17.3. The molecule has 0 bridgehead atoms. The van der Waals surface area contributed by atoms with E-state index in [2.05, 4.69) is 197 Å². The van der Waals surface area contributed by atoms with Crippen LogP contribution >= 0.6 is 22.7 Å². The maximum absolute atomic E-state index is 11.7. The van der Waals surface area contributed by atoms with E-state index in [1.165, 1.54) is 68.0 Å². The van der Waals surface area contributed by atoms with Gasteiger partial charge in [0.1, 0.15) is 5.75 Å². The lowest BCUT2D eigenvalue weighted by Crippen LogP contribution is -1.94. The maximum atomic E-state index is 11.7. The molecule has 0 saturated heterocycles. The minimum Gasteiger partial charge on any atom is -0.507 e. The van der Waals surface area contributed by atoms with Crippen LogP contribution in [0.4, 0.5) is 0 Å². The molecule has 16 aromatic rings. The lowest BCUT2D eigenvalue weighted by molar-refractivity contribution is 0.477. The molecule has 16 rings (SSSR count). The minimum absolute atomic E-state index is 0.228. The summed E-state index contributed by atoms with van der Waals surface area (Å²) in [5.41, 5.74) is 11.8. The third-order valence-electron chi connectivity index (χ3n) is 14.5. The molecule has 0 aliphatic rings. The highest BCUT2D eigenvalue weighted by molar-refractivity contribution is 7.27. The standard InChI is InChI=1S/C62H34N4OS2/c67-54-26-23-42(53-33-49-44-14-6-8-16-56(44)69-60(49)62-64-58-47-30-39-12-4-2-10-37(39)28-41(47)22-25-51(58)66(53)62)31-45(54)34-17-19-35(20-18-34)52-32-48-43-13-5-7-15-55(43)68-59(48)61-63-57-46-29-38-11-3-1-9-36(38)27-40(46)21-24-50(57)65(52)61/h1-33,67H. The topological polar surface area (TPSA) is 54.8 Å². The van der Waals surface area contributed by atoms with Crippen LogP contribution in [0.2, 0.25) is 0 Å². The number of hydrogen-bond donors (Lipinski definition) is 1. The van der Waals surface area contributed by atoms with Crippen LogP contribution in [0.25, 0.3) is 150 Å². The normalized spacial score (nSPS) is 12.4. The molecule has 0 saturated carbocycles. The van der Waals surface area contributed by atoms with Crippen molar-refractivity contribution >= 4 is 139 Å². The average molecular weight is 915 g/mol. The van der Waals surface area contributed by atoms with E-state index in [9.17, 15) is 5.11 Å². The Kier molecular flexibility index (Phi) is 7.46. The van der Waals surface area contributed by atoms with Crippen molar-refractivity contribution < 1.29 is 5.11 Å². The SMILES string of the molecule is Oc1ccc(-c2cc3c4ccccc4sc3c3nc4c5cc6ccccc6cc5ccc4n23)cc1-c1ccc(-c2cc3c4ccccc4sc3c3nc4c5cc6ccccc6cc5ccc4n23)cc1. The number of thiophene rings is 2. The summed E-state index contributed by atoms with van der Waals surface area (Å²) in [5, 5.41) is 26.0. The van der Waals surface area contributed by atoms with Gasteiger partial charge in [0.15, 0.2) is 11.3 Å². The Balaban J connectivity index is 0.891. The summed E-state index contributed by atoms with van der Waals surface area (Å²) < 4.78 is 9.50. The van der Waals surface area contributed by atoms with Gasteiger partial charge in [-0.1, -0.05) is 121 Å². The van der Waals surface area contributed by atoms with Crippen molar-refractivity contribution in [2.45, 2.75) is 0 Å². The summed E-state index contributed by atoms with van der Waals surface area (Å²) >= 11 is 3.60. The van der Waals surface area contributed by atoms with Crippen LogP contribution in [0.5, 0.6) is 5.75 Å². The van der Waals surface area contributed by atoms with E-state index >= 15 is 0 Å². The first-order chi connectivity index (χ1) is 34.1. The average Bonchev–Trinajstić information content (AvgIpc) is 4.18. The molecule has 0 atom stereocenters. The van der Waals surface area contributed by atoms with Crippen LogP contribution in [0.3, 0.4) is 0 Å². The molecular formula is C62H34N4OS2. The number of rotatable bonds is 3. The van der Waals surface area contributed by atoms with Gasteiger partial charge in [0, 0.05) is 47.3 Å². The molecule has 320 valence electrons. The fourth-order valence-electron chi connectivity index (χ4n) is 11.2. The molecule has 1 N–H and O–H groups in total. The number of benzene rings is 10. The number of aromatic nitrogens is 4. The zero-order chi connectivity index (χ0) is 45.1. The second-order valence-electron chi connectivity index (χ2n) is 18.3. The molecule has 0 aliphatic carbocycles. The van der Waals surface area contributed by atoms with Crippen molar-refractivity contribution in [1.29, 1.82) is 0 Å². The Morgan fingerprint density at radius 1 is 0.348 bits per heavy atom. The van der Waals surface area contributed by atoms with Crippen molar-refractivity contribution in [1.82, 2.24) is 18.8 Å². The maximum Gasteiger partial charge on any atom is 0.156 e. The van der Waals surface area contributed by atoms with Crippen molar-refractivity contribution in [3.8, 4) is 39.4 Å². The Morgan fingerprint density at radius 3 is 1.33 bits per heavy atom. The fourth-order valence-corrected chi connectivity index (χ4v) is 13.5. The van der Waals surface area contributed by atoms with Gasteiger partial charge < -0.3 is 5.11 Å². The smallest absolute Gasteiger partial charge is 0.156 e.